The molecule has 0 aromatic heterocycles. The highest BCUT2D eigenvalue weighted by Crippen LogP contribution is 2.37. The van der Waals surface area contributed by atoms with Crippen molar-refractivity contribution in [1.82, 2.24) is 0 Å². The fraction of sp³-hybridized carbons (Fsp3) is 1.00. The van der Waals surface area contributed by atoms with Gasteiger partial charge in [0.05, 0.1) is 0 Å². The van der Waals surface area contributed by atoms with E-state index in [0.29, 0.717) is 0 Å². The van der Waals surface area contributed by atoms with E-state index in [4.69, 9.17) is 8.85 Å². The average molecular weight is 230 g/mol. The van der Waals surface area contributed by atoms with Crippen LogP contribution in [0.4, 0.5) is 0 Å². The number of rotatable bonds is 8. The topological polar surface area (TPSA) is 18.5 Å². The van der Waals surface area contributed by atoms with Gasteiger partial charge < -0.3 is 8.85 Å². The van der Waals surface area contributed by atoms with Gasteiger partial charge in [-0.05, 0) is 44.7 Å². The molecule has 0 spiro atoms. The van der Waals surface area contributed by atoms with Crippen molar-refractivity contribution in [3.8, 4) is 0 Å². The van der Waals surface area contributed by atoms with Gasteiger partial charge in [0.1, 0.15) is 0 Å². The summed E-state index contributed by atoms with van der Waals surface area (Å²) in [7, 11) is -1.85. The van der Waals surface area contributed by atoms with Crippen LogP contribution >= 0.6 is 0 Å². The lowest BCUT2D eigenvalue weighted by molar-refractivity contribution is 0.183. The van der Waals surface area contributed by atoms with Crippen molar-refractivity contribution in [2.24, 2.45) is 11.8 Å². The van der Waals surface area contributed by atoms with Crippen molar-refractivity contribution in [3.63, 3.8) is 0 Å². The van der Waals surface area contributed by atoms with Crippen molar-refractivity contribution in [2.45, 2.75) is 52.6 Å². The first kappa shape index (κ1) is 13.2. The second-order valence-electron chi connectivity index (χ2n) is 4.99. The molecule has 1 unspecified atom stereocenters. The van der Waals surface area contributed by atoms with Crippen LogP contribution in [0.25, 0.3) is 0 Å². The SMILES string of the molecule is CCO[Si](C)(CC(C)CC1CC1)OCC. The van der Waals surface area contributed by atoms with Crippen LogP contribution in [0, 0.1) is 11.8 Å². The summed E-state index contributed by atoms with van der Waals surface area (Å²) in [4.78, 5) is 0. The molecule has 2 nitrogen and oxygen atoms in total. The van der Waals surface area contributed by atoms with Gasteiger partial charge in [0.15, 0.2) is 0 Å². The molecule has 0 amide bonds. The molecule has 1 fully saturated rings. The third-order valence-corrected chi connectivity index (χ3v) is 6.29. The minimum Gasteiger partial charge on any atom is -0.395 e. The Balaban J connectivity index is 2.33. The third kappa shape index (κ3) is 5.14. The van der Waals surface area contributed by atoms with E-state index in [1.807, 2.05) is 0 Å². The quantitative estimate of drug-likeness (QED) is 0.594. The van der Waals surface area contributed by atoms with Crippen molar-refractivity contribution in [2.75, 3.05) is 13.2 Å². The Labute approximate surface area is 95.6 Å². The van der Waals surface area contributed by atoms with Crippen LogP contribution in [0.1, 0.15) is 40.0 Å². The normalized spacial score (nSPS) is 19.2. The van der Waals surface area contributed by atoms with Crippen molar-refractivity contribution in [3.05, 3.63) is 0 Å². The fourth-order valence-corrected chi connectivity index (χ4v) is 5.38. The molecule has 0 heterocycles. The second-order valence-corrected chi connectivity index (χ2v) is 8.24. The van der Waals surface area contributed by atoms with Crippen molar-refractivity contribution >= 4 is 8.56 Å². The van der Waals surface area contributed by atoms with Crippen LogP contribution in [0.5, 0.6) is 0 Å². The number of hydrogen-bond donors (Lipinski definition) is 0. The molecule has 1 rings (SSSR count). The lowest BCUT2D eigenvalue weighted by atomic mass is 10.1. The van der Waals surface area contributed by atoms with Crippen LogP contribution in [0.2, 0.25) is 12.6 Å². The monoisotopic (exact) mass is 230 g/mol. The largest absolute Gasteiger partial charge is 0.395 e. The first-order valence-electron chi connectivity index (χ1n) is 6.37. The Bertz CT molecular complexity index is 174. The molecule has 0 saturated heterocycles. The van der Waals surface area contributed by atoms with Gasteiger partial charge in [0.2, 0.25) is 0 Å². The van der Waals surface area contributed by atoms with Gasteiger partial charge in [-0.25, -0.2) is 0 Å². The van der Waals surface area contributed by atoms with E-state index in [1.165, 1.54) is 19.3 Å². The smallest absolute Gasteiger partial charge is 0.335 e. The van der Waals surface area contributed by atoms with Gasteiger partial charge in [-0.15, -0.1) is 0 Å². The molecular weight excluding hydrogens is 204 g/mol. The summed E-state index contributed by atoms with van der Waals surface area (Å²) >= 11 is 0. The molecule has 90 valence electrons. The summed E-state index contributed by atoms with van der Waals surface area (Å²) in [6.45, 7) is 10.3. The molecule has 0 aromatic carbocycles. The zero-order valence-electron chi connectivity index (χ0n) is 10.7. The van der Waals surface area contributed by atoms with Crippen molar-refractivity contribution in [1.29, 1.82) is 0 Å². The van der Waals surface area contributed by atoms with Crippen molar-refractivity contribution < 1.29 is 8.85 Å². The first-order chi connectivity index (χ1) is 7.09. The zero-order chi connectivity index (χ0) is 11.3. The van der Waals surface area contributed by atoms with Gasteiger partial charge in [0, 0.05) is 13.2 Å². The lowest BCUT2D eigenvalue weighted by Gasteiger charge is -2.28. The molecule has 0 aliphatic heterocycles. The number of hydrogen-bond acceptors (Lipinski definition) is 2. The fourth-order valence-electron chi connectivity index (χ4n) is 2.41. The summed E-state index contributed by atoms with van der Waals surface area (Å²) < 4.78 is 11.7. The van der Waals surface area contributed by atoms with E-state index in [-0.39, 0.29) is 0 Å². The van der Waals surface area contributed by atoms with Gasteiger partial charge in [-0.2, -0.15) is 0 Å². The molecule has 3 heteroatoms. The summed E-state index contributed by atoms with van der Waals surface area (Å²) in [6, 6.07) is 1.16. The second kappa shape index (κ2) is 6.02. The first-order valence-corrected chi connectivity index (χ1v) is 8.90. The minimum absolute atomic E-state index is 0.771. The predicted molar refractivity (Wildman–Crippen MR) is 66.2 cm³/mol. The Kier molecular flexibility index (Phi) is 5.30. The summed E-state index contributed by atoms with van der Waals surface area (Å²) in [5.74, 6) is 1.79. The van der Waals surface area contributed by atoms with Gasteiger partial charge in [0.25, 0.3) is 0 Å². The maximum absolute atomic E-state index is 5.86. The standard InChI is InChI=1S/C12H26O2Si/c1-5-13-15(4,14-6-2)10-11(3)9-12-7-8-12/h11-12H,5-10H2,1-4H3. The summed E-state index contributed by atoms with van der Waals surface area (Å²) in [5, 5.41) is 0. The molecule has 0 radical (unpaired) electrons. The van der Waals surface area contributed by atoms with Gasteiger partial charge in [-0.1, -0.05) is 19.8 Å². The molecule has 0 aromatic rings. The third-order valence-electron chi connectivity index (χ3n) is 3.05. The average Bonchev–Trinajstić information content (AvgIpc) is 2.87. The molecule has 15 heavy (non-hydrogen) atoms. The Morgan fingerprint density at radius 2 is 1.73 bits per heavy atom. The summed E-state index contributed by atoms with van der Waals surface area (Å²) in [5.41, 5.74) is 0. The molecule has 0 N–H and O–H groups in total. The van der Waals surface area contributed by atoms with E-state index >= 15 is 0 Å². The van der Waals surface area contributed by atoms with E-state index in [2.05, 4.69) is 27.3 Å². The molecule has 1 atom stereocenters. The highest BCUT2D eigenvalue weighted by atomic mass is 28.4. The van der Waals surface area contributed by atoms with Gasteiger partial charge in [-0.3, -0.25) is 0 Å². The summed E-state index contributed by atoms with van der Waals surface area (Å²) in [6.07, 6.45) is 4.28. The van der Waals surface area contributed by atoms with Crippen LogP contribution < -0.4 is 0 Å². The molecule has 1 aliphatic rings. The van der Waals surface area contributed by atoms with Gasteiger partial charge >= 0.3 is 8.56 Å². The maximum Gasteiger partial charge on any atom is 0.335 e. The van der Waals surface area contributed by atoms with Crippen LogP contribution in [0.15, 0.2) is 0 Å². The highest BCUT2D eigenvalue weighted by molar-refractivity contribution is 6.66. The van der Waals surface area contributed by atoms with Crippen LogP contribution in [0.3, 0.4) is 0 Å². The molecule has 0 bridgehead atoms. The molecule has 1 saturated carbocycles. The van der Waals surface area contributed by atoms with E-state index in [0.717, 1.165) is 31.1 Å². The minimum atomic E-state index is -1.85. The Hall–Kier alpha value is 0.137. The zero-order valence-corrected chi connectivity index (χ0v) is 11.7. The Morgan fingerprint density at radius 1 is 1.20 bits per heavy atom. The highest BCUT2D eigenvalue weighted by Gasteiger charge is 2.34. The maximum atomic E-state index is 5.86. The molecule has 1 aliphatic carbocycles. The van der Waals surface area contributed by atoms with E-state index < -0.39 is 8.56 Å². The van der Waals surface area contributed by atoms with Crippen LogP contribution in [-0.4, -0.2) is 21.8 Å². The lowest BCUT2D eigenvalue weighted by Crippen LogP contribution is -2.40. The Morgan fingerprint density at radius 3 is 2.13 bits per heavy atom. The van der Waals surface area contributed by atoms with E-state index in [1.54, 1.807) is 0 Å². The molecular formula is C12H26O2Si. The van der Waals surface area contributed by atoms with E-state index in [9.17, 15) is 0 Å². The predicted octanol–water partition coefficient (Wildman–Crippen LogP) is 3.57. The van der Waals surface area contributed by atoms with Crippen LogP contribution in [-0.2, 0) is 8.85 Å².